The third-order valence-electron chi connectivity index (χ3n) is 2.79. The molecule has 2 N–H and O–H groups in total. The van der Waals surface area contributed by atoms with Crippen LogP contribution in [0.2, 0.25) is 0 Å². The summed E-state index contributed by atoms with van der Waals surface area (Å²) < 4.78 is 1.13. The number of likely N-dealkylation sites (tertiary alicyclic amines) is 1. The van der Waals surface area contributed by atoms with Gasteiger partial charge in [-0.15, -0.1) is 0 Å². The molecule has 0 aromatic heterocycles. The lowest BCUT2D eigenvalue weighted by molar-refractivity contribution is 0.122. The molecule has 0 saturated carbocycles. The second-order valence-electron chi connectivity index (χ2n) is 3.70. The maximum atomic E-state index is 5.81. The summed E-state index contributed by atoms with van der Waals surface area (Å²) in [5, 5.41) is 0. The molecule has 2 nitrogen and oxygen atoms in total. The first-order valence-electron chi connectivity index (χ1n) is 5.01. The molecule has 0 aliphatic carbocycles. The van der Waals surface area contributed by atoms with Gasteiger partial charge in [0.15, 0.2) is 0 Å². The summed E-state index contributed by atoms with van der Waals surface area (Å²) >= 11 is 3.49. The van der Waals surface area contributed by atoms with E-state index in [2.05, 4.69) is 39.0 Å². The number of benzene rings is 1. The Hall–Kier alpha value is -0.380. The molecule has 0 amide bonds. The summed E-state index contributed by atoms with van der Waals surface area (Å²) in [6.45, 7) is 3.08. The summed E-state index contributed by atoms with van der Waals surface area (Å²) in [5.74, 6) is 0. The zero-order chi connectivity index (χ0) is 9.97. The molecule has 1 atom stereocenters. The molecule has 1 fully saturated rings. The van der Waals surface area contributed by atoms with Crippen LogP contribution in [0.15, 0.2) is 28.7 Å². The number of hydrogen-bond acceptors (Lipinski definition) is 2. The van der Waals surface area contributed by atoms with Crippen LogP contribution in [0, 0.1) is 0 Å². The van der Waals surface area contributed by atoms with Gasteiger partial charge in [-0.25, -0.2) is 0 Å². The fourth-order valence-corrected chi connectivity index (χ4v) is 2.28. The molecule has 14 heavy (non-hydrogen) atoms. The van der Waals surface area contributed by atoms with Crippen LogP contribution in [-0.4, -0.2) is 24.5 Å². The van der Waals surface area contributed by atoms with Crippen LogP contribution < -0.4 is 5.73 Å². The average Bonchev–Trinajstić information content (AvgIpc) is 2.10. The van der Waals surface area contributed by atoms with E-state index in [0.717, 1.165) is 4.47 Å². The van der Waals surface area contributed by atoms with E-state index in [-0.39, 0.29) is 0 Å². The zero-order valence-corrected chi connectivity index (χ0v) is 9.70. The van der Waals surface area contributed by atoms with E-state index in [1.165, 1.54) is 25.1 Å². The lowest BCUT2D eigenvalue weighted by Crippen LogP contribution is -2.43. The van der Waals surface area contributed by atoms with Gasteiger partial charge in [0, 0.05) is 30.1 Å². The second kappa shape index (κ2) is 4.43. The average molecular weight is 255 g/mol. The van der Waals surface area contributed by atoms with E-state index in [9.17, 15) is 0 Å². The Morgan fingerprint density at radius 3 is 2.71 bits per heavy atom. The molecular weight excluding hydrogens is 240 g/mol. The van der Waals surface area contributed by atoms with Gasteiger partial charge in [0.05, 0.1) is 0 Å². The lowest BCUT2D eigenvalue weighted by atomic mass is 10.0. The van der Waals surface area contributed by atoms with Crippen molar-refractivity contribution in [2.24, 2.45) is 5.73 Å². The summed E-state index contributed by atoms with van der Waals surface area (Å²) in [4.78, 5) is 2.43. The molecular formula is C11H15BrN2. The number of rotatable bonds is 3. The maximum Gasteiger partial charge on any atom is 0.0470 e. The monoisotopic (exact) mass is 254 g/mol. The van der Waals surface area contributed by atoms with Crippen LogP contribution in [0.4, 0.5) is 0 Å². The van der Waals surface area contributed by atoms with Gasteiger partial charge in [0.25, 0.3) is 0 Å². The van der Waals surface area contributed by atoms with Gasteiger partial charge in [-0.3, -0.25) is 4.90 Å². The zero-order valence-electron chi connectivity index (χ0n) is 8.12. The fourth-order valence-electron chi connectivity index (χ4n) is 1.86. The SMILES string of the molecule is NCC(c1cccc(Br)c1)N1CCC1. The highest BCUT2D eigenvalue weighted by molar-refractivity contribution is 9.10. The number of halogens is 1. The molecule has 0 spiro atoms. The molecule has 76 valence electrons. The molecule has 2 rings (SSSR count). The molecule has 1 aliphatic rings. The third-order valence-corrected chi connectivity index (χ3v) is 3.28. The van der Waals surface area contributed by atoms with Crippen molar-refractivity contribution in [2.45, 2.75) is 12.5 Å². The minimum absolute atomic E-state index is 0.404. The minimum atomic E-state index is 0.404. The molecule has 1 aromatic carbocycles. The Labute approximate surface area is 93.2 Å². The smallest absolute Gasteiger partial charge is 0.0470 e. The first-order valence-corrected chi connectivity index (χ1v) is 5.80. The van der Waals surface area contributed by atoms with Gasteiger partial charge >= 0.3 is 0 Å². The van der Waals surface area contributed by atoms with Crippen molar-refractivity contribution in [2.75, 3.05) is 19.6 Å². The molecule has 1 heterocycles. The van der Waals surface area contributed by atoms with Crippen molar-refractivity contribution in [1.29, 1.82) is 0 Å². The Morgan fingerprint density at radius 2 is 2.21 bits per heavy atom. The van der Waals surface area contributed by atoms with Crippen molar-refractivity contribution in [3.63, 3.8) is 0 Å². The molecule has 1 aromatic rings. The van der Waals surface area contributed by atoms with E-state index in [1.54, 1.807) is 0 Å². The quantitative estimate of drug-likeness (QED) is 0.896. The standard InChI is InChI=1S/C11H15BrN2/c12-10-4-1-3-9(7-10)11(8-13)14-5-2-6-14/h1,3-4,7,11H,2,5-6,8,13H2. The third kappa shape index (κ3) is 2.00. The molecule has 1 unspecified atom stereocenters. The number of nitrogens with two attached hydrogens (primary N) is 1. The topological polar surface area (TPSA) is 29.3 Å². The summed E-state index contributed by atoms with van der Waals surface area (Å²) in [6, 6.07) is 8.84. The summed E-state index contributed by atoms with van der Waals surface area (Å²) in [5.41, 5.74) is 7.13. The van der Waals surface area contributed by atoms with E-state index in [0.29, 0.717) is 12.6 Å². The van der Waals surface area contributed by atoms with E-state index >= 15 is 0 Å². The maximum absolute atomic E-state index is 5.81. The van der Waals surface area contributed by atoms with Gasteiger partial charge < -0.3 is 5.73 Å². The Bertz CT molecular complexity index is 310. The largest absolute Gasteiger partial charge is 0.329 e. The molecule has 0 radical (unpaired) electrons. The van der Waals surface area contributed by atoms with Crippen molar-refractivity contribution in [3.8, 4) is 0 Å². The van der Waals surface area contributed by atoms with Crippen LogP contribution >= 0.6 is 15.9 Å². The number of hydrogen-bond donors (Lipinski definition) is 1. The Balaban J connectivity index is 2.17. The van der Waals surface area contributed by atoms with E-state index in [4.69, 9.17) is 5.73 Å². The molecule has 1 saturated heterocycles. The number of nitrogens with zero attached hydrogens (tertiary/aromatic N) is 1. The van der Waals surface area contributed by atoms with Crippen molar-refractivity contribution >= 4 is 15.9 Å². The second-order valence-corrected chi connectivity index (χ2v) is 4.61. The van der Waals surface area contributed by atoms with Crippen molar-refractivity contribution in [1.82, 2.24) is 4.90 Å². The van der Waals surface area contributed by atoms with Gasteiger partial charge in [-0.05, 0) is 24.1 Å². The highest BCUT2D eigenvalue weighted by Gasteiger charge is 2.23. The highest BCUT2D eigenvalue weighted by Crippen LogP contribution is 2.26. The van der Waals surface area contributed by atoms with Crippen LogP contribution in [-0.2, 0) is 0 Å². The van der Waals surface area contributed by atoms with Crippen LogP contribution in [0.3, 0.4) is 0 Å². The van der Waals surface area contributed by atoms with Gasteiger partial charge in [0.2, 0.25) is 0 Å². The minimum Gasteiger partial charge on any atom is -0.329 e. The predicted molar refractivity (Wildman–Crippen MR) is 62.1 cm³/mol. The Kier molecular flexibility index (Phi) is 3.21. The van der Waals surface area contributed by atoms with Crippen LogP contribution in [0.1, 0.15) is 18.0 Å². The lowest BCUT2D eigenvalue weighted by Gasteiger charge is -2.38. The van der Waals surface area contributed by atoms with Gasteiger partial charge in [-0.1, -0.05) is 28.1 Å². The van der Waals surface area contributed by atoms with Crippen molar-refractivity contribution < 1.29 is 0 Å². The predicted octanol–water partition coefficient (Wildman–Crippen LogP) is 2.15. The Morgan fingerprint density at radius 1 is 1.43 bits per heavy atom. The molecule has 3 heteroatoms. The highest BCUT2D eigenvalue weighted by atomic mass is 79.9. The first kappa shape index (κ1) is 10.1. The van der Waals surface area contributed by atoms with Crippen LogP contribution in [0.25, 0.3) is 0 Å². The van der Waals surface area contributed by atoms with Gasteiger partial charge in [0.1, 0.15) is 0 Å². The van der Waals surface area contributed by atoms with Gasteiger partial charge in [-0.2, -0.15) is 0 Å². The van der Waals surface area contributed by atoms with E-state index in [1.807, 2.05) is 6.07 Å². The van der Waals surface area contributed by atoms with Crippen LogP contribution in [0.5, 0.6) is 0 Å². The van der Waals surface area contributed by atoms with Crippen molar-refractivity contribution in [3.05, 3.63) is 34.3 Å². The first-order chi connectivity index (χ1) is 6.81. The van der Waals surface area contributed by atoms with E-state index < -0.39 is 0 Å². The molecule has 0 bridgehead atoms. The summed E-state index contributed by atoms with van der Waals surface area (Å²) in [7, 11) is 0. The fraction of sp³-hybridized carbons (Fsp3) is 0.455. The normalized spacial score (nSPS) is 19.0. The summed E-state index contributed by atoms with van der Waals surface area (Å²) in [6.07, 6.45) is 1.31. The molecule has 1 aliphatic heterocycles.